The van der Waals surface area contributed by atoms with Crippen LogP contribution in [0.1, 0.15) is 6.92 Å². The molecule has 0 saturated carbocycles. The van der Waals surface area contributed by atoms with Gasteiger partial charge in [-0.1, -0.05) is 0 Å². The predicted molar refractivity (Wildman–Crippen MR) is 53.2 cm³/mol. The van der Waals surface area contributed by atoms with Crippen molar-refractivity contribution in [1.82, 2.24) is 4.98 Å². The number of nitrogens with one attached hydrogen (secondary N) is 1. The van der Waals surface area contributed by atoms with E-state index < -0.39 is 0 Å². The molecule has 0 fully saturated rings. The topological polar surface area (TPSA) is 50.9 Å². The van der Waals surface area contributed by atoms with Gasteiger partial charge in [-0.3, -0.25) is 10.8 Å². The highest BCUT2D eigenvalue weighted by Gasteiger charge is 2.00. The highest BCUT2D eigenvalue weighted by atomic mass is 35.5. The number of nitrogens with two attached hydrogens (primary N) is 1. The molecule has 66 valence electrons. The average Bonchev–Trinajstić information content (AvgIpc) is 2.03. The van der Waals surface area contributed by atoms with Gasteiger partial charge in [0.05, 0.1) is 16.6 Å². The van der Waals surface area contributed by atoms with Crippen molar-refractivity contribution in [3.05, 3.63) is 18.5 Å². The molecule has 1 unspecified atom stereocenters. The Morgan fingerprint density at radius 2 is 2.42 bits per heavy atom. The summed E-state index contributed by atoms with van der Waals surface area (Å²) in [4.78, 5) is 4.99. The first-order valence-corrected chi connectivity index (χ1v) is 4.76. The van der Waals surface area contributed by atoms with Crippen molar-refractivity contribution in [3.8, 4) is 0 Å². The van der Waals surface area contributed by atoms with Crippen LogP contribution in [0, 0.1) is 0 Å². The molecule has 5 heteroatoms. The Balaban J connectivity index is 2.72. The molecule has 0 bridgehead atoms. The third-order valence-corrected chi connectivity index (χ3v) is 2.27. The lowest BCUT2D eigenvalue weighted by Crippen LogP contribution is -2.06. The maximum Gasteiger partial charge on any atom is 0.0808 e. The second kappa shape index (κ2) is 4.54. The van der Waals surface area contributed by atoms with Gasteiger partial charge >= 0.3 is 0 Å². The van der Waals surface area contributed by atoms with Crippen LogP contribution in [0.2, 0.25) is 0 Å². The molecular formula is C7H10ClN3S. The Morgan fingerprint density at radius 3 is 3.00 bits per heavy atom. The highest BCUT2D eigenvalue weighted by Crippen LogP contribution is 2.26. The number of nitrogen functional groups attached to an aromatic ring is 1. The van der Waals surface area contributed by atoms with E-state index in [-0.39, 0.29) is 4.71 Å². The zero-order valence-electron chi connectivity index (χ0n) is 6.62. The van der Waals surface area contributed by atoms with Gasteiger partial charge in [0.15, 0.2) is 0 Å². The van der Waals surface area contributed by atoms with Gasteiger partial charge in [0.2, 0.25) is 0 Å². The second-order valence-electron chi connectivity index (χ2n) is 2.21. The zero-order valence-corrected chi connectivity index (χ0v) is 8.19. The number of alkyl halides is 1. The van der Waals surface area contributed by atoms with Gasteiger partial charge in [0.1, 0.15) is 0 Å². The molecule has 1 aromatic heterocycles. The van der Waals surface area contributed by atoms with Crippen molar-refractivity contribution in [2.75, 3.05) is 5.43 Å². The predicted octanol–water partition coefficient (Wildman–Crippen LogP) is 2.04. The first-order valence-electron chi connectivity index (χ1n) is 3.45. The summed E-state index contributed by atoms with van der Waals surface area (Å²) in [5.41, 5.74) is 3.31. The Bertz CT molecular complexity index is 254. The fourth-order valence-electron chi connectivity index (χ4n) is 0.750. The average molecular weight is 204 g/mol. The molecule has 0 aliphatic rings. The van der Waals surface area contributed by atoms with Gasteiger partial charge in [-0.05, 0) is 13.0 Å². The number of rotatable bonds is 3. The van der Waals surface area contributed by atoms with Crippen molar-refractivity contribution in [2.45, 2.75) is 16.5 Å². The van der Waals surface area contributed by atoms with Crippen LogP contribution in [-0.2, 0) is 0 Å². The molecule has 0 spiro atoms. The number of hydrogen-bond donors (Lipinski definition) is 2. The Labute approximate surface area is 80.7 Å². The summed E-state index contributed by atoms with van der Waals surface area (Å²) >= 11 is 7.33. The van der Waals surface area contributed by atoms with E-state index >= 15 is 0 Å². The molecule has 0 aromatic carbocycles. The summed E-state index contributed by atoms with van der Waals surface area (Å²) in [6.07, 6.45) is 3.41. The lowest BCUT2D eigenvalue weighted by atomic mass is 10.4. The van der Waals surface area contributed by atoms with E-state index in [0.29, 0.717) is 0 Å². The smallest absolute Gasteiger partial charge is 0.0808 e. The summed E-state index contributed by atoms with van der Waals surface area (Å²) in [6.45, 7) is 1.91. The lowest BCUT2D eigenvalue weighted by molar-refractivity contribution is 1.20. The second-order valence-corrected chi connectivity index (χ2v) is 4.54. The molecule has 1 aromatic rings. The summed E-state index contributed by atoms with van der Waals surface area (Å²) in [5.74, 6) is 5.22. The molecule has 3 N–H and O–H groups in total. The van der Waals surface area contributed by atoms with Crippen molar-refractivity contribution >= 4 is 29.1 Å². The third-order valence-electron chi connectivity index (χ3n) is 1.18. The zero-order chi connectivity index (χ0) is 8.97. The van der Waals surface area contributed by atoms with Crippen molar-refractivity contribution < 1.29 is 0 Å². The monoisotopic (exact) mass is 203 g/mol. The van der Waals surface area contributed by atoms with E-state index in [0.717, 1.165) is 10.6 Å². The first kappa shape index (κ1) is 9.64. The number of hydrazine groups is 1. The number of thioether (sulfide) groups is 1. The van der Waals surface area contributed by atoms with Crippen LogP contribution >= 0.6 is 23.4 Å². The molecule has 0 amide bonds. The van der Waals surface area contributed by atoms with Gasteiger partial charge < -0.3 is 5.43 Å². The summed E-state index contributed by atoms with van der Waals surface area (Å²) in [7, 11) is 0. The number of nitrogens with zero attached hydrogens (tertiary/aromatic N) is 1. The lowest BCUT2D eigenvalue weighted by Gasteiger charge is -2.04. The van der Waals surface area contributed by atoms with Crippen LogP contribution in [0.15, 0.2) is 23.4 Å². The van der Waals surface area contributed by atoms with Gasteiger partial charge in [0, 0.05) is 11.1 Å². The Morgan fingerprint density at radius 1 is 1.67 bits per heavy atom. The maximum atomic E-state index is 5.79. The van der Waals surface area contributed by atoms with E-state index in [1.165, 1.54) is 11.8 Å². The van der Waals surface area contributed by atoms with E-state index in [2.05, 4.69) is 10.4 Å². The molecule has 1 rings (SSSR count). The third kappa shape index (κ3) is 2.89. The van der Waals surface area contributed by atoms with Crippen LogP contribution in [0.4, 0.5) is 5.69 Å². The minimum Gasteiger partial charge on any atom is -0.323 e. The van der Waals surface area contributed by atoms with Crippen molar-refractivity contribution in [3.63, 3.8) is 0 Å². The van der Waals surface area contributed by atoms with Crippen LogP contribution < -0.4 is 11.3 Å². The van der Waals surface area contributed by atoms with Crippen LogP contribution in [0.25, 0.3) is 0 Å². The van der Waals surface area contributed by atoms with Crippen molar-refractivity contribution in [1.29, 1.82) is 0 Å². The van der Waals surface area contributed by atoms with E-state index in [4.69, 9.17) is 17.4 Å². The van der Waals surface area contributed by atoms with E-state index in [9.17, 15) is 0 Å². The molecule has 0 radical (unpaired) electrons. The first-order chi connectivity index (χ1) is 5.72. The quantitative estimate of drug-likeness (QED) is 0.342. The maximum absolute atomic E-state index is 5.79. The molecule has 0 aliphatic carbocycles. The molecule has 1 atom stereocenters. The van der Waals surface area contributed by atoms with Crippen LogP contribution in [0.3, 0.4) is 0 Å². The Kier molecular flexibility index (Phi) is 3.65. The van der Waals surface area contributed by atoms with Gasteiger partial charge in [-0.2, -0.15) is 0 Å². The van der Waals surface area contributed by atoms with Gasteiger partial charge in [0.25, 0.3) is 0 Å². The molecule has 0 aliphatic heterocycles. The number of halogens is 1. The molecule has 1 heterocycles. The molecular weight excluding hydrogens is 194 g/mol. The van der Waals surface area contributed by atoms with E-state index in [1.807, 2.05) is 13.0 Å². The largest absolute Gasteiger partial charge is 0.323 e. The van der Waals surface area contributed by atoms with Crippen molar-refractivity contribution in [2.24, 2.45) is 5.84 Å². The van der Waals surface area contributed by atoms with Gasteiger partial charge in [-0.25, -0.2) is 0 Å². The fourth-order valence-corrected chi connectivity index (χ4v) is 1.75. The standard InChI is InChI=1S/C7H10ClN3S/c1-5(8)12-7-2-6(11-9)3-10-4-7/h2-5,11H,9H2,1H3. The molecule has 0 saturated heterocycles. The molecule has 12 heavy (non-hydrogen) atoms. The SMILES string of the molecule is CC(Cl)Sc1cncc(NN)c1. The Hall–Kier alpha value is -0.450. The van der Waals surface area contributed by atoms with Crippen LogP contribution in [0.5, 0.6) is 0 Å². The fraction of sp³-hybridized carbons (Fsp3) is 0.286. The number of hydrogen-bond acceptors (Lipinski definition) is 4. The number of aromatic nitrogens is 1. The number of anilines is 1. The molecule has 3 nitrogen and oxygen atoms in total. The summed E-state index contributed by atoms with van der Waals surface area (Å²) in [6, 6.07) is 1.90. The van der Waals surface area contributed by atoms with E-state index in [1.54, 1.807) is 12.4 Å². The summed E-state index contributed by atoms with van der Waals surface area (Å²) in [5, 5.41) is 0. The van der Waals surface area contributed by atoms with Crippen LogP contribution in [-0.4, -0.2) is 9.69 Å². The number of pyridine rings is 1. The highest BCUT2D eigenvalue weighted by molar-refractivity contribution is 8.01. The minimum absolute atomic E-state index is 0.0415. The van der Waals surface area contributed by atoms with Gasteiger partial charge in [-0.15, -0.1) is 23.4 Å². The summed E-state index contributed by atoms with van der Waals surface area (Å²) < 4.78 is 0.0415. The minimum atomic E-state index is 0.0415. The normalized spacial score (nSPS) is 12.6.